The largest absolute Gasteiger partial charge is 0.316 e. The maximum atomic E-state index is 13.6. The van der Waals surface area contributed by atoms with E-state index in [0.717, 1.165) is 19.5 Å². The molecule has 1 fully saturated rings. The summed E-state index contributed by atoms with van der Waals surface area (Å²) in [7, 11) is 0. The van der Waals surface area contributed by atoms with Gasteiger partial charge in [-0.05, 0) is 73.9 Å². The summed E-state index contributed by atoms with van der Waals surface area (Å²) < 4.78 is 26.7. The molecule has 0 aromatic heterocycles. The van der Waals surface area contributed by atoms with Crippen LogP contribution < -0.4 is 5.32 Å². The van der Waals surface area contributed by atoms with Crippen LogP contribution >= 0.6 is 0 Å². The van der Waals surface area contributed by atoms with Crippen LogP contribution in [0.1, 0.15) is 32.3 Å². The Bertz CT molecular complexity index is 417. The molecule has 0 bridgehead atoms. The van der Waals surface area contributed by atoms with Crippen LogP contribution in [0.2, 0.25) is 0 Å². The molecule has 3 heteroatoms. The van der Waals surface area contributed by atoms with E-state index >= 15 is 0 Å². The van der Waals surface area contributed by atoms with Crippen LogP contribution in [-0.4, -0.2) is 13.1 Å². The normalized spacial score (nSPS) is 22.6. The van der Waals surface area contributed by atoms with Gasteiger partial charge in [0.1, 0.15) is 11.6 Å². The van der Waals surface area contributed by atoms with Crippen LogP contribution in [0.3, 0.4) is 0 Å². The maximum absolute atomic E-state index is 13.6. The first-order valence-corrected chi connectivity index (χ1v) is 7.21. The summed E-state index contributed by atoms with van der Waals surface area (Å²) in [4.78, 5) is 0. The van der Waals surface area contributed by atoms with Crippen molar-refractivity contribution in [3.05, 3.63) is 35.4 Å². The fourth-order valence-corrected chi connectivity index (χ4v) is 2.72. The molecule has 106 valence electrons. The molecular weight excluding hydrogens is 244 g/mol. The molecule has 1 nitrogen and oxygen atoms in total. The molecule has 1 N–H and O–H groups in total. The fourth-order valence-electron chi connectivity index (χ4n) is 2.72. The average Bonchev–Trinajstić information content (AvgIpc) is 2.34. The van der Waals surface area contributed by atoms with Crippen molar-refractivity contribution in [1.82, 2.24) is 5.32 Å². The van der Waals surface area contributed by atoms with Crippen molar-refractivity contribution in [3.63, 3.8) is 0 Å². The molecule has 1 aromatic rings. The summed E-state index contributed by atoms with van der Waals surface area (Å²) in [5.41, 5.74) is 0.526. The minimum absolute atomic E-state index is 0.276. The number of hydrogen-bond donors (Lipinski definition) is 1. The zero-order chi connectivity index (χ0) is 13.8. The van der Waals surface area contributed by atoms with E-state index in [2.05, 4.69) is 19.2 Å². The molecule has 0 spiro atoms. The monoisotopic (exact) mass is 267 g/mol. The van der Waals surface area contributed by atoms with Crippen LogP contribution in [-0.2, 0) is 6.42 Å². The lowest BCUT2D eigenvalue weighted by Crippen LogP contribution is -2.37. The minimum atomic E-state index is -0.342. The topological polar surface area (TPSA) is 12.0 Å². The molecule has 1 aromatic carbocycles. The highest BCUT2D eigenvalue weighted by Gasteiger charge is 2.31. The van der Waals surface area contributed by atoms with E-state index in [-0.39, 0.29) is 11.6 Å². The quantitative estimate of drug-likeness (QED) is 0.827. The Kier molecular flexibility index (Phi) is 4.92. The van der Waals surface area contributed by atoms with Crippen LogP contribution in [0.4, 0.5) is 8.78 Å². The molecule has 19 heavy (non-hydrogen) atoms. The molecule has 1 aliphatic carbocycles. The van der Waals surface area contributed by atoms with Gasteiger partial charge in [0.25, 0.3) is 0 Å². The van der Waals surface area contributed by atoms with E-state index in [1.807, 2.05) is 0 Å². The van der Waals surface area contributed by atoms with E-state index in [4.69, 9.17) is 0 Å². The second kappa shape index (κ2) is 6.47. The van der Waals surface area contributed by atoms with Gasteiger partial charge >= 0.3 is 0 Å². The maximum Gasteiger partial charge on any atom is 0.126 e. The number of nitrogens with one attached hydrogen (secondary N) is 1. The summed E-state index contributed by atoms with van der Waals surface area (Å²) in [6.45, 7) is 6.40. The number of rotatable bonds is 6. The minimum Gasteiger partial charge on any atom is -0.316 e. The van der Waals surface area contributed by atoms with Crippen molar-refractivity contribution < 1.29 is 8.78 Å². The summed E-state index contributed by atoms with van der Waals surface area (Å²) in [6, 6.07) is 3.75. The van der Waals surface area contributed by atoms with Gasteiger partial charge in [-0.2, -0.15) is 0 Å². The van der Waals surface area contributed by atoms with Gasteiger partial charge in [-0.3, -0.25) is 0 Å². The summed E-state index contributed by atoms with van der Waals surface area (Å²) >= 11 is 0. The van der Waals surface area contributed by atoms with E-state index in [1.54, 1.807) is 0 Å². The third-order valence-electron chi connectivity index (χ3n) is 4.02. The first kappa shape index (κ1) is 14.4. The van der Waals surface area contributed by atoms with Gasteiger partial charge in [0.2, 0.25) is 0 Å². The molecule has 0 aliphatic heterocycles. The molecule has 1 aliphatic rings. The van der Waals surface area contributed by atoms with E-state index in [9.17, 15) is 8.78 Å². The zero-order valence-electron chi connectivity index (χ0n) is 11.8. The molecule has 2 atom stereocenters. The predicted octanol–water partition coefficient (Wildman–Crippen LogP) is 3.78. The number of halogens is 2. The number of hydrogen-bond acceptors (Lipinski definition) is 1. The molecule has 0 saturated heterocycles. The highest BCUT2D eigenvalue weighted by molar-refractivity contribution is 5.19. The van der Waals surface area contributed by atoms with Crippen LogP contribution in [0.25, 0.3) is 0 Å². The Morgan fingerprint density at radius 3 is 2.58 bits per heavy atom. The van der Waals surface area contributed by atoms with Crippen molar-refractivity contribution in [1.29, 1.82) is 0 Å². The first-order valence-electron chi connectivity index (χ1n) is 7.21. The Balaban J connectivity index is 1.84. The van der Waals surface area contributed by atoms with Crippen molar-refractivity contribution in [2.75, 3.05) is 13.1 Å². The lowest BCUT2D eigenvalue weighted by Gasteiger charge is -2.37. The van der Waals surface area contributed by atoms with Gasteiger partial charge in [-0.15, -0.1) is 0 Å². The van der Waals surface area contributed by atoms with Gasteiger partial charge in [-0.25, -0.2) is 8.78 Å². The number of benzene rings is 1. The fraction of sp³-hybridized carbons (Fsp3) is 0.625. The molecule has 0 heterocycles. The van der Waals surface area contributed by atoms with Crippen molar-refractivity contribution in [3.8, 4) is 0 Å². The third kappa shape index (κ3) is 4.00. The van der Waals surface area contributed by atoms with Gasteiger partial charge < -0.3 is 5.32 Å². The van der Waals surface area contributed by atoms with E-state index in [1.165, 1.54) is 24.6 Å². The summed E-state index contributed by atoms with van der Waals surface area (Å²) in [6.07, 6.45) is 2.99. The Labute approximate surface area is 114 Å². The zero-order valence-corrected chi connectivity index (χ0v) is 11.8. The van der Waals surface area contributed by atoms with Gasteiger partial charge in [0, 0.05) is 0 Å². The van der Waals surface area contributed by atoms with Crippen molar-refractivity contribution in [2.24, 2.45) is 17.8 Å². The SMILES string of the molecule is CC(C)CNCC1CCC1Cc1cc(F)ccc1F. The van der Waals surface area contributed by atoms with Crippen LogP contribution in [0, 0.1) is 29.4 Å². The van der Waals surface area contributed by atoms with Gasteiger partial charge in [-0.1, -0.05) is 13.8 Å². The lowest BCUT2D eigenvalue weighted by atomic mass is 9.70. The molecule has 0 radical (unpaired) electrons. The lowest BCUT2D eigenvalue weighted by molar-refractivity contribution is 0.168. The summed E-state index contributed by atoms with van der Waals surface area (Å²) in [5, 5.41) is 3.46. The van der Waals surface area contributed by atoms with Crippen molar-refractivity contribution >= 4 is 0 Å². The first-order chi connectivity index (χ1) is 9.06. The standard InChI is InChI=1S/C16H23F2N/c1-11(2)9-19-10-13-4-3-12(13)7-14-8-15(17)5-6-16(14)18/h5-6,8,11-13,19H,3-4,7,9-10H2,1-2H3. The second-order valence-electron chi connectivity index (χ2n) is 6.09. The molecule has 2 rings (SSSR count). The van der Waals surface area contributed by atoms with Crippen LogP contribution in [0.5, 0.6) is 0 Å². The Hall–Kier alpha value is -0.960. The van der Waals surface area contributed by atoms with Crippen LogP contribution in [0.15, 0.2) is 18.2 Å². The van der Waals surface area contributed by atoms with Gasteiger partial charge in [0.15, 0.2) is 0 Å². The smallest absolute Gasteiger partial charge is 0.126 e. The highest BCUT2D eigenvalue weighted by Crippen LogP contribution is 2.36. The molecule has 1 saturated carbocycles. The van der Waals surface area contributed by atoms with Gasteiger partial charge in [0.05, 0.1) is 0 Å². The molecular formula is C16H23F2N. The van der Waals surface area contributed by atoms with E-state index in [0.29, 0.717) is 29.7 Å². The third-order valence-corrected chi connectivity index (χ3v) is 4.02. The summed E-state index contributed by atoms with van der Waals surface area (Å²) in [5.74, 6) is 1.14. The van der Waals surface area contributed by atoms with Crippen molar-refractivity contribution in [2.45, 2.75) is 33.1 Å². The average molecular weight is 267 g/mol. The second-order valence-corrected chi connectivity index (χ2v) is 6.09. The highest BCUT2D eigenvalue weighted by atomic mass is 19.1. The molecule has 0 amide bonds. The Morgan fingerprint density at radius 1 is 1.21 bits per heavy atom. The Morgan fingerprint density at radius 2 is 1.95 bits per heavy atom. The van der Waals surface area contributed by atoms with E-state index < -0.39 is 0 Å². The predicted molar refractivity (Wildman–Crippen MR) is 74.0 cm³/mol. The molecule has 2 unspecified atom stereocenters.